The van der Waals surface area contributed by atoms with E-state index in [0.717, 1.165) is 30.2 Å². The maximum atomic E-state index is 5.88. The van der Waals surface area contributed by atoms with Gasteiger partial charge in [0, 0.05) is 46.0 Å². The molecule has 0 aliphatic rings. The second kappa shape index (κ2) is 18.0. The Bertz CT molecular complexity index is 544. The molecule has 1 rings (SSSR count). The second-order valence-electron chi connectivity index (χ2n) is 5.97. The SMILES string of the molecule is CCOCCOc1cc(C)ccc1CNC(=NC)NCCCOCCOC.I. The van der Waals surface area contributed by atoms with E-state index < -0.39 is 0 Å². The first kappa shape index (κ1) is 26.9. The molecule has 0 saturated carbocycles. The molecule has 0 aliphatic carbocycles. The van der Waals surface area contributed by atoms with Crippen LogP contribution in [0.1, 0.15) is 24.5 Å². The third-order valence-electron chi connectivity index (χ3n) is 3.77. The van der Waals surface area contributed by atoms with Crippen molar-refractivity contribution in [2.75, 3.05) is 60.3 Å². The normalized spacial score (nSPS) is 11.1. The molecule has 2 N–H and O–H groups in total. The van der Waals surface area contributed by atoms with Crippen molar-refractivity contribution in [2.45, 2.75) is 26.8 Å². The highest BCUT2D eigenvalue weighted by Crippen LogP contribution is 2.20. The Morgan fingerprint density at radius 3 is 2.54 bits per heavy atom. The maximum absolute atomic E-state index is 5.88. The molecule has 28 heavy (non-hydrogen) atoms. The largest absolute Gasteiger partial charge is 0.491 e. The number of rotatable bonds is 14. The number of hydrogen-bond donors (Lipinski definition) is 2. The quantitative estimate of drug-likeness (QED) is 0.174. The predicted molar refractivity (Wildman–Crippen MR) is 124 cm³/mol. The summed E-state index contributed by atoms with van der Waals surface area (Å²) in [6, 6.07) is 6.21. The summed E-state index contributed by atoms with van der Waals surface area (Å²) in [7, 11) is 3.43. The molecule has 1 aromatic carbocycles. The molecule has 0 amide bonds. The molecule has 8 heteroatoms. The lowest BCUT2D eigenvalue weighted by atomic mass is 10.1. The molecular weight excluding hydrogens is 473 g/mol. The van der Waals surface area contributed by atoms with Crippen molar-refractivity contribution in [1.29, 1.82) is 0 Å². The zero-order valence-corrected chi connectivity index (χ0v) is 19.9. The van der Waals surface area contributed by atoms with E-state index in [4.69, 9.17) is 18.9 Å². The van der Waals surface area contributed by atoms with Crippen molar-refractivity contribution in [1.82, 2.24) is 10.6 Å². The van der Waals surface area contributed by atoms with Gasteiger partial charge in [0.2, 0.25) is 0 Å². The van der Waals surface area contributed by atoms with E-state index in [1.54, 1.807) is 14.2 Å². The Morgan fingerprint density at radius 1 is 1.04 bits per heavy atom. The van der Waals surface area contributed by atoms with E-state index >= 15 is 0 Å². The fourth-order valence-corrected chi connectivity index (χ4v) is 2.32. The topological polar surface area (TPSA) is 73.3 Å². The van der Waals surface area contributed by atoms with Crippen LogP contribution in [0.15, 0.2) is 23.2 Å². The van der Waals surface area contributed by atoms with E-state index in [2.05, 4.69) is 40.7 Å². The van der Waals surface area contributed by atoms with Crippen LogP contribution < -0.4 is 15.4 Å². The number of halogens is 1. The average molecular weight is 509 g/mol. The van der Waals surface area contributed by atoms with Crippen LogP contribution >= 0.6 is 24.0 Å². The molecule has 0 aromatic heterocycles. The molecule has 1 aromatic rings. The summed E-state index contributed by atoms with van der Waals surface area (Å²) in [5, 5.41) is 6.61. The molecule has 0 aliphatic heterocycles. The van der Waals surface area contributed by atoms with Gasteiger partial charge in [0.15, 0.2) is 5.96 Å². The van der Waals surface area contributed by atoms with Gasteiger partial charge in [-0.05, 0) is 31.9 Å². The van der Waals surface area contributed by atoms with Crippen molar-refractivity contribution in [2.24, 2.45) is 4.99 Å². The Hall–Kier alpha value is -1.10. The summed E-state index contributed by atoms with van der Waals surface area (Å²) in [5.41, 5.74) is 2.25. The molecule has 7 nitrogen and oxygen atoms in total. The van der Waals surface area contributed by atoms with E-state index in [0.29, 0.717) is 46.2 Å². The molecule has 0 radical (unpaired) electrons. The van der Waals surface area contributed by atoms with Crippen molar-refractivity contribution in [3.8, 4) is 5.75 Å². The number of guanidine groups is 1. The Balaban J connectivity index is 0.00000729. The summed E-state index contributed by atoms with van der Waals surface area (Å²) < 4.78 is 21.6. The number of aliphatic imine (C=N–C) groups is 1. The summed E-state index contributed by atoms with van der Waals surface area (Å²) in [6.45, 7) is 9.24. The van der Waals surface area contributed by atoms with Gasteiger partial charge in [-0.2, -0.15) is 0 Å². The van der Waals surface area contributed by atoms with Crippen LogP contribution in [0.5, 0.6) is 5.75 Å². The van der Waals surface area contributed by atoms with Gasteiger partial charge >= 0.3 is 0 Å². The molecular formula is C20H36IN3O4. The third-order valence-corrected chi connectivity index (χ3v) is 3.77. The summed E-state index contributed by atoms with van der Waals surface area (Å²) >= 11 is 0. The Morgan fingerprint density at radius 2 is 1.82 bits per heavy atom. The lowest BCUT2D eigenvalue weighted by molar-refractivity contribution is 0.0698. The van der Waals surface area contributed by atoms with Gasteiger partial charge in [-0.3, -0.25) is 4.99 Å². The smallest absolute Gasteiger partial charge is 0.191 e. The van der Waals surface area contributed by atoms with Crippen molar-refractivity contribution in [3.05, 3.63) is 29.3 Å². The van der Waals surface area contributed by atoms with Gasteiger partial charge in [-0.1, -0.05) is 12.1 Å². The molecule has 0 atom stereocenters. The molecule has 162 valence electrons. The first-order valence-electron chi connectivity index (χ1n) is 9.52. The van der Waals surface area contributed by atoms with Crippen molar-refractivity contribution in [3.63, 3.8) is 0 Å². The van der Waals surface area contributed by atoms with E-state index in [1.807, 2.05) is 6.92 Å². The molecule has 0 saturated heterocycles. The van der Waals surface area contributed by atoms with E-state index in [-0.39, 0.29) is 24.0 Å². The molecule has 0 heterocycles. The van der Waals surface area contributed by atoms with E-state index in [9.17, 15) is 0 Å². The first-order chi connectivity index (χ1) is 13.2. The molecule has 0 unspecified atom stereocenters. The summed E-state index contributed by atoms with van der Waals surface area (Å²) in [4.78, 5) is 4.26. The van der Waals surface area contributed by atoms with Gasteiger partial charge < -0.3 is 29.6 Å². The third kappa shape index (κ3) is 12.4. The zero-order chi connectivity index (χ0) is 19.7. The first-order valence-corrected chi connectivity index (χ1v) is 9.52. The standard InChI is InChI=1S/C20H35N3O4.HI/c1-5-25-13-14-27-19-15-17(2)7-8-18(19)16-23-20(21-3)22-9-6-10-26-12-11-24-4;/h7-8,15H,5-6,9-14,16H2,1-4H3,(H2,21,22,23);1H. The fraction of sp³-hybridized carbons (Fsp3) is 0.650. The zero-order valence-electron chi connectivity index (χ0n) is 17.6. The monoisotopic (exact) mass is 509 g/mol. The van der Waals surface area contributed by atoms with Crippen LogP contribution in [0.4, 0.5) is 0 Å². The molecule has 0 fully saturated rings. The van der Waals surface area contributed by atoms with Crippen LogP contribution in [0.3, 0.4) is 0 Å². The highest BCUT2D eigenvalue weighted by molar-refractivity contribution is 14.0. The minimum atomic E-state index is 0. The van der Waals surface area contributed by atoms with Gasteiger partial charge in [0.25, 0.3) is 0 Å². The number of ether oxygens (including phenoxy) is 4. The predicted octanol–water partition coefficient (Wildman–Crippen LogP) is 2.75. The van der Waals surface area contributed by atoms with Gasteiger partial charge in [0.05, 0.1) is 19.8 Å². The summed E-state index contributed by atoms with van der Waals surface area (Å²) in [5.74, 6) is 1.64. The maximum Gasteiger partial charge on any atom is 0.191 e. The van der Waals surface area contributed by atoms with Crippen LogP contribution in [-0.2, 0) is 20.8 Å². The fourth-order valence-electron chi connectivity index (χ4n) is 2.32. The number of hydrogen-bond acceptors (Lipinski definition) is 5. The lowest BCUT2D eigenvalue weighted by Gasteiger charge is -2.15. The number of nitrogens with zero attached hydrogens (tertiary/aromatic N) is 1. The van der Waals surface area contributed by atoms with Crippen LogP contribution in [0.2, 0.25) is 0 Å². The number of methoxy groups -OCH3 is 1. The number of aryl methyl sites for hydroxylation is 1. The average Bonchev–Trinajstić information content (AvgIpc) is 2.68. The molecule has 0 bridgehead atoms. The molecule has 0 spiro atoms. The number of nitrogens with one attached hydrogen (secondary N) is 2. The van der Waals surface area contributed by atoms with Gasteiger partial charge in [-0.15, -0.1) is 24.0 Å². The van der Waals surface area contributed by atoms with Crippen LogP contribution in [-0.4, -0.2) is 66.3 Å². The van der Waals surface area contributed by atoms with Crippen LogP contribution in [0.25, 0.3) is 0 Å². The van der Waals surface area contributed by atoms with Crippen LogP contribution in [0, 0.1) is 6.92 Å². The van der Waals surface area contributed by atoms with E-state index in [1.165, 1.54) is 5.56 Å². The van der Waals surface area contributed by atoms with Gasteiger partial charge in [-0.25, -0.2) is 0 Å². The Kier molecular flexibility index (Phi) is 17.3. The van der Waals surface area contributed by atoms with Crippen molar-refractivity contribution < 1.29 is 18.9 Å². The van der Waals surface area contributed by atoms with Crippen molar-refractivity contribution >= 4 is 29.9 Å². The Labute approximate surface area is 186 Å². The lowest BCUT2D eigenvalue weighted by Crippen LogP contribution is -2.37. The summed E-state index contributed by atoms with van der Waals surface area (Å²) in [6.07, 6.45) is 0.904. The highest BCUT2D eigenvalue weighted by atomic mass is 127. The number of benzene rings is 1. The highest BCUT2D eigenvalue weighted by Gasteiger charge is 2.06. The second-order valence-corrected chi connectivity index (χ2v) is 5.97. The minimum Gasteiger partial charge on any atom is -0.491 e. The van der Waals surface area contributed by atoms with Gasteiger partial charge in [0.1, 0.15) is 12.4 Å². The minimum absolute atomic E-state index is 0.